The van der Waals surface area contributed by atoms with Gasteiger partial charge in [-0.15, -0.1) is 0 Å². The molecule has 6 nitrogen and oxygen atoms in total. The van der Waals surface area contributed by atoms with Gasteiger partial charge < -0.3 is 4.42 Å². The molecule has 3 rings (SSSR count). The Hall–Kier alpha value is -1.51. The first kappa shape index (κ1) is 16.4. The van der Waals surface area contributed by atoms with Gasteiger partial charge in [0, 0.05) is 37.6 Å². The molecule has 0 radical (unpaired) electrons. The second-order valence-corrected chi connectivity index (χ2v) is 7.58. The third kappa shape index (κ3) is 3.70. The molecule has 0 bridgehead atoms. The molecule has 122 valence electrons. The van der Waals surface area contributed by atoms with Crippen molar-refractivity contribution in [2.75, 3.05) is 18.8 Å². The molecule has 2 heterocycles. The fraction of sp³-hybridized carbons (Fsp3) is 0.400. The van der Waals surface area contributed by atoms with Gasteiger partial charge in [-0.1, -0.05) is 11.8 Å². The topological polar surface area (TPSA) is 72.5 Å². The summed E-state index contributed by atoms with van der Waals surface area (Å²) < 4.78 is 8.37. The van der Waals surface area contributed by atoms with Gasteiger partial charge in [0.1, 0.15) is 0 Å². The van der Waals surface area contributed by atoms with E-state index in [1.165, 1.54) is 16.5 Å². The Kier molecular flexibility index (Phi) is 4.93. The fourth-order valence-electron chi connectivity index (χ4n) is 2.42. The summed E-state index contributed by atoms with van der Waals surface area (Å²) in [6.07, 6.45) is 2.24. The van der Waals surface area contributed by atoms with Crippen molar-refractivity contribution in [2.45, 2.75) is 12.8 Å². The molecule has 1 fully saturated rings. The highest BCUT2D eigenvalue weighted by Gasteiger charge is 2.18. The number of ketones is 1. The minimum Gasteiger partial charge on any atom is -0.408 e. The first-order chi connectivity index (χ1) is 11.0. The number of benzene rings is 1. The van der Waals surface area contributed by atoms with Crippen LogP contribution < -0.4 is 5.76 Å². The first-order valence-electron chi connectivity index (χ1n) is 7.27. The van der Waals surface area contributed by atoms with E-state index in [4.69, 9.17) is 4.42 Å². The summed E-state index contributed by atoms with van der Waals surface area (Å²) in [7, 11) is 1.59. The minimum atomic E-state index is -0.462. The van der Waals surface area contributed by atoms with Crippen LogP contribution in [0.25, 0.3) is 11.1 Å². The average molecular weight is 352 g/mol. The standard InChI is InChI=1S/C15H16N2O4S2/c1-16-11-8-10(4-5-13(11)21-14(16)19)12(18)9-22-15(20)23-17-6-2-3-7-17/h4-5,8H,2-3,6-7,9H2,1H3. The van der Waals surface area contributed by atoms with E-state index in [0.717, 1.165) is 37.7 Å². The van der Waals surface area contributed by atoms with E-state index in [-0.39, 0.29) is 16.0 Å². The number of aryl methyl sites for hydroxylation is 1. The van der Waals surface area contributed by atoms with Crippen LogP contribution in [0.2, 0.25) is 0 Å². The molecule has 0 amide bonds. The van der Waals surface area contributed by atoms with Crippen LogP contribution in [0.1, 0.15) is 23.2 Å². The van der Waals surface area contributed by atoms with Gasteiger partial charge in [-0.2, -0.15) is 0 Å². The molecule has 0 aliphatic carbocycles. The molecule has 0 N–H and O–H groups in total. The number of thioether (sulfide) groups is 1. The Morgan fingerprint density at radius 1 is 1.26 bits per heavy atom. The van der Waals surface area contributed by atoms with Crippen molar-refractivity contribution < 1.29 is 14.0 Å². The van der Waals surface area contributed by atoms with E-state index < -0.39 is 5.76 Å². The van der Waals surface area contributed by atoms with Crippen LogP contribution >= 0.6 is 23.7 Å². The van der Waals surface area contributed by atoms with Gasteiger partial charge in [-0.25, -0.2) is 9.10 Å². The number of carbonyl (C=O) groups is 2. The Morgan fingerprint density at radius 2 is 2.00 bits per heavy atom. The number of fused-ring (bicyclic) bond motifs is 1. The second kappa shape index (κ2) is 6.94. The number of aromatic nitrogens is 1. The number of oxazole rings is 1. The summed E-state index contributed by atoms with van der Waals surface area (Å²) in [6, 6.07) is 4.85. The van der Waals surface area contributed by atoms with Gasteiger partial charge in [0.2, 0.25) is 0 Å². The molecule has 8 heteroatoms. The normalized spacial score (nSPS) is 15.3. The third-order valence-electron chi connectivity index (χ3n) is 3.70. The highest BCUT2D eigenvalue weighted by molar-refractivity contribution is 8.37. The van der Waals surface area contributed by atoms with Crippen LogP contribution in [0.5, 0.6) is 0 Å². The summed E-state index contributed by atoms with van der Waals surface area (Å²) in [5.41, 5.74) is 1.49. The van der Waals surface area contributed by atoms with Crippen molar-refractivity contribution in [3.63, 3.8) is 0 Å². The number of nitrogens with zero attached hydrogens (tertiary/aromatic N) is 2. The van der Waals surface area contributed by atoms with Crippen molar-refractivity contribution in [1.82, 2.24) is 8.87 Å². The zero-order valence-electron chi connectivity index (χ0n) is 12.6. The van der Waals surface area contributed by atoms with E-state index >= 15 is 0 Å². The number of carbonyl (C=O) groups excluding carboxylic acids is 2. The zero-order chi connectivity index (χ0) is 16.4. The summed E-state index contributed by atoms with van der Waals surface area (Å²) in [5.74, 6) is -0.506. The summed E-state index contributed by atoms with van der Waals surface area (Å²) in [5, 5.41) is 0. The van der Waals surface area contributed by atoms with Crippen molar-refractivity contribution in [1.29, 1.82) is 0 Å². The van der Waals surface area contributed by atoms with Crippen LogP contribution in [-0.2, 0) is 7.05 Å². The second-order valence-electron chi connectivity index (χ2n) is 5.30. The Morgan fingerprint density at radius 3 is 2.74 bits per heavy atom. The molecule has 1 aromatic carbocycles. The summed E-state index contributed by atoms with van der Waals surface area (Å²) >= 11 is 2.22. The maximum atomic E-state index is 12.2. The smallest absolute Gasteiger partial charge is 0.408 e. The van der Waals surface area contributed by atoms with Gasteiger partial charge >= 0.3 is 5.76 Å². The van der Waals surface area contributed by atoms with Crippen molar-refractivity contribution in [3.8, 4) is 0 Å². The van der Waals surface area contributed by atoms with Gasteiger partial charge in [0.05, 0.1) is 11.3 Å². The van der Waals surface area contributed by atoms with Crippen LogP contribution in [0.15, 0.2) is 27.4 Å². The Labute approximate surface area is 141 Å². The molecular formula is C15H16N2O4S2. The number of hydrogen-bond donors (Lipinski definition) is 0. The number of hydrogen-bond acceptors (Lipinski definition) is 7. The average Bonchev–Trinajstić information content (AvgIpc) is 3.14. The molecule has 23 heavy (non-hydrogen) atoms. The minimum absolute atomic E-state index is 0.0583. The van der Waals surface area contributed by atoms with E-state index in [1.807, 2.05) is 4.31 Å². The predicted octanol–water partition coefficient (Wildman–Crippen LogP) is 2.91. The van der Waals surface area contributed by atoms with Crippen LogP contribution in [-0.4, -0.2) is 37.9 Å². The quantitative estimate of drug-likeness (QED) is 0.619. The molecule has 0 spiro atoms. The molecule has 0 atom stereocenters. The molecule has 1 saturated heterocycles. The maximum absolute atomic E-state index is 12.2. The molecule has 2 aromatic rings. The maximum Gasteiger partial charge on any atom is 0.419 e. The van der Waals surface area contributed by atoms with Gasteiger partial charge in [0.15, 0.2) is 11.4 Å². The highest BCUT2D eigenvalue weighted by atomic mass is 32.2. The van der Waals surface area contributed by atoms with Gasteiger partial charge in [-0.3, -0.25) is 14.2 Å². The number of Topliss-reactive ketones (excluding diaryl/α,β-unsaturated/α-hetero) is 1. The zero-order valence-corrected chi connectivity index (χ0v) is 14.2. The molecule has 1 aliphatic rings. The molecule has 1 aromatic heterocycles. The van der Waals surface area contributed by atoms with Crippen LogP contribution in [0.4, 0.5) is 4.79 Å². The molecule has 0 unspecified atom stereocenters. The monoisotopic (exact) mass is 352 g/mol. The lowest BCUT2D eigenvalue weighted by molar-refractivity contribution is 0.102. The van der Waals surface area contributed by atoms with Gasteiger partial charge in [0.25, 0.3) is 4.45 Å². The van der Waals surface area contributed by atoms with Crippen molar-refractivity contribution >= 4 is 45.0 Å². The first-order valence-corrected chi connectivity index (χ1v) is 9.03. The Balaban J connectivity index is 1.62. The lowest BCUT2D eigenvalue weighted by Gasteiger charge is -2.10. The fourth-order valence-corrected chi connectivity index (χ4v) is 4.19. The van der Waals surface area contributed by atoms with Gasteiger partial charge in [-0.05, 0) is 31.0 Å². The lowest BCUT2D eigenvalue weighted by Crippen LogP contribution is -2.12. The largest absolute Gasteiger partial charge is 0.419 e. The van der Waals surface area contributed by atoms with E-state index in [0.29, 0.717) is 16.7 Å². The molecular weight excluding hydrogens is 336 g/mol. The highest BCUT2D eigenvalue weighted by Crippen LogP contribution is 2.25. The Bertz CT molecular complexity index is 805. The van der Waals surface area contributed by atoms with E-state index in [9.17, 15) is 14.4 Å². The number of rotatable bonds is 4. The molecule has 1 aliphatic heterocycles. The summed E-state index contributed by atoms with van der Waals surface area (Å²) in [6.45, 7) is 1.85. The molecule has 0 saturated carbocycles. The SMILES string of the molecule is Cn1c(=O)oc2ccc(C(=O)CSC(=O)SN3CCCC3)cc21. The van der Waals surface area contributed by atoms with Crippen LogP contribution in [0, 0.1) is 0 Å². The van der Waals surface area contributed by atoms with Crippen molar-refractivity contribution in [2.24, 2.45) is 7.05 Å². The third-order valence-corrected chi connectivity index (χ3v) is 5.69. The van der Waals surface area contributed by atoms with Crippen molar-refractivity contribution in [3.05, 3.63) is 34.3 Å². The van der Waals surface area contributed by atoms with E-state index in [1.54, 1.807) is 25.2 Å². The predicted molar refractivity (Wildman–Crippen MR) is 92.0 cm³/mol. The lowest BCUT2D eigenvalue weighted by atomic mass is 10.1. The van der Waals surface area contributed by atoms with E-state index in [2.05, 4.69) is 0 Å². The summed E-state index contributed by atoms with van der Waals surface area (Å²) in [4.78, 5) is 35.6. The van der Waals surface area contributed by atoms with Crippen LogP contribution in [0.3, 0.4) is 0 Å².